The molecule has 2 aromatic carbocycles. The summed E-state index contributed by atoms with van der Waals surface area (Å²) in [6.45, 7) is 1.77. The lowest BCUT2D eigenvalue weighted by molar-refractivity contribution is 0.120. The number of halogens is 3. The smallest absolute Gasteiger partial charge is 0.486 e. The Balaban J connectivity index is 2.23. The minimum absolute atomic E-state index is 0.0128. The van der Waals surface area contributed by atoms with E-state index in [1.54, 1.807) is 12.1 Å². The molecule has 0 atom stereocenters. The van der Waals surface area contributed by atoms with Gasteiger partial charge in [0.2, 0.25) is 0 Å². The molecule has 0 aliphatic carbocycles. The van der Waals surface area contributed by atoms with Gasteiger partial charge in [-0.2, -0.15) is 0 Å². The molecule has 0 spiro atoms. The van der Waals surface area contributed by atoms with Gasteiger partial charge in [0.05, 0.1) is 17.7 Å². The van der Waals surface area contributed by atoms with Crippen molar-refractivity contribution in [3.8, 4) is 11.5 Å². The third kappa shape index (κ3) is 4.30. The monoisotopic (exact) mass is 372 g/mol. The van der Waals surface area contributed by atoms with Crippen LogP contribution in [0.15, 0.2) is 30.3 Å². The van der Waals surface area contributed by atoms with Crippen molar-refractivity contribution in [2.45, 2.75) is 20.0 Å². The number of hydrogen-bond donors (Lipinski definition) is 0. The largest absolute Gasteiger partial charge is 0.513 e. The zero-order valence-electron chi connectivity index (χ0n) is 13.1. The van der Waals surface area contributed by atoms with Gasteiger partial charge in [0, 0.05) is 11.1 Å². The van der Waals surface area contributed by atoms with E-state index >= 15 is 0 Å². The first-order chi connectivity index (χ1) is 11.5. The molecular formula is C17H15Cl2FO4. The van der Waals surface area contributed by atoms with Crippen LogP contribution in [0.4, 0.5) is 9.18 Å². The van der Waals surface area contributed by atoms with E-state index in [2.05, 4.69) is 4.74 Å². The zero-order valence-corrected chi connectivity index (χ0v) is 14.6. The third-order valence-corrected chi connectivity index (χ3v) is 4.00. The molecule has 0 unspecified atom stereocenters. The summed E-state index contributed by atoms with van der Waals surface area (Å²) in [4.78, 5) is 11.3. The quantitative estimate of drug-likeness (QED) is 0.519. The van der Waals surface area contributed by atoms with Crippen molar-refractivity contribution in [3.63, 3.8) is 0 Å². The molecule has 0 amide bonds. The molecule has 0 aromatic heterocycles. The maximum Gasteiger partial charge on any atom is 0.513 e. The maximum absolute atomic E-state index is 14.1. The second kappa shape index (κ2) is 8.22. The van der Waals surface area contributed by atoms with Crippen LogP contribution < -0.4 is 9.47 Å². The van der Waals surface area contributed by atoms with Gasteiger partial charge in [-0.05, 0) is 30.2 Å². The van der Waals surface area contributed by atoms with Crippen LogP contribution >= 0.6 is 23.2 Å². The number of rotatable bonds is 5. The lowest BCUT2D eigenvalue weighted by Gasteiger charge is -2.13. The average Bonchev–Trinajstić information content (AvgIpc) is 2.56. The zero-order chi connectivity index (χ0) is 17.7. The van der Waals surface area contributed by atoms with E-state index in [1.165, 1.54) is 25.3 Å². The van der Waals surface area contributed by atoms with Crippen LogP contribution in [0.5, 0.6) is 11.5 Å². The van der Waals surface area contributed by atoms with Crippen molar-refractivity contribution in [2.75, 3.05) is 7.11 Å². The van der Waals surface area contributed by atoms with Gasteiger partial charge >= 0.3 is 6.16 Å². The number of hydrogen-bond acceptors (Lipinski definition) is 4. The molecule has 0 N–H and O–H groups in total. The summed E-state index contributed by atoms with van der Waals surface area (Å²) < 4.78 is 29.0. The van der Waals surface area contributed by atoms with Crippen molar-refractivity contribution >= 4 is 29.4 Å². The highest BCUT2D eigenvalue weighted by Crippen LogP contribution is 2.31. The van der Waals surface area contributed by atoms with Crippen LogP contribution in [0.3, 0.4) is 0 Å². The molecule has 2 aromatic rings. The van der Waals surface area contributed by atoms with E-state index in [0.717, 1.165) is 0 Å². The first kappa shape index (κ1) is 18.4. The molecule has 0 aliphatic heterocycles. The van der Waals surface area contributed by atoms with Crippen LogP contribution in [0.25, 0.3) is 0 Å². The minimum atomic E-state index is -0.889. The van der Waals surface area contributed by atoms with Gasteiger partial charge < -0.3 is 14.2 Å². The fourth-order valence-corrected chi connectivity index (χ4v) is 2.51. The molecule has 128 valence electrons. The van der Waals surface area contributed by atoms with Crippen LogP contribution in [0, 0.1) is 5.82 Å². The average molecular weight is 373 g/mol. The Labute approximate surface area is 149 Å². The van der Waals surface area contributed by atoms with E-state index in [9.17, 15) is 9.18 Å². The number of carbonyl (C=O) groups excluding carboxylic acids is 1. The van der Waals surface area contributed by atoms with Crippen molar-refractivity contribution in [2.24, 2.45) is 0 Å². The van der Waals surface area contributed by atoms with Crippen molar-refractivity contribution in [1.82, 2.24) is 0 Å². The third-order valence-electron chi connectivity index (χ3n) is 3.29. The molecular weight excluding hydrogens is 358 g/mol. The summed E-state index contributed by atoms with van der Waals surface area (Å²) in [5, 5.41) is 0.729. The first-order valence-electron chi connectivity index (χ1n) is 7.10. The SMILES string of the molecule is CCc1cc(F)c(OCc2c(Cl)cccc2OC(=O)OC)cc1Cl. The Morgan fingerprint density at radius 3 is 2.58 bits per heavy atom. The number of methoxy groups -OCH3 is 1. The number of aryl methyl sites for hydroxylation is 1. The predicted molar refractivity (Wildman–Crippen MR) is 89.6 cm³/mol. The van der Waals surface area contributed by atoms with Gasteiger partial charge in [0.25, 0.3) is 0 Å². The van der Waals surface area contributed by atoms with Crippen molar-refractivity contribution in [1.29, 1.82) is 0 Å². The number of carbonyl (C=O) groups is 1. The summed E-state index contributed by atoms with van der Waals surface area (Å²) in [5.74, 6) is -0.370. The van der Waals surface area contributed by atoms with Crippen LogP contribution in [0.1, 0.15) is 18.1 Å². The molecule has 7 heteroatoms. The number of benzene rings is 2. The van der Waals surface area contributed by atoms with Gasteiger partial charge in [0.15, 0.2) is 11.6 Å². The van der Waals surface area contributed by atoms with Gasteiger partial charge in [-0.25, -0.2) is 9.18 Å². The van der Waals surface area contributed by atoms with E-state index in [0.29, 0.717) is 27.6 Å². The molecule has 0 radical (unpaired) electrons. The molecule has 4 nitrogen and oxygen atoms in total. The Bertz CT molecular complexity index is 750. The Morgan fingerprint density at radius 2 is 1.92 bits per heavy atom. The van der Waals surface area contributed by atoms with Gasteiger partial charge in [-0.15, -0.1) is 0 Å². The lowest BCUT2D eigenvalue weighted by atomic mass is 10.1. The number of ether oxygens (including phenoxy) is 3. The van der Waals surface area contributed by atoms with E-state index in [-0.39, 0.29) is 18.1 Å². The molecule has 24 heavy (non-hydrogen) atoms. The lowest BCUT2D eigenvalue weighted by Crippen LogP contribution is -2.10. The summed E-state index contributed by atoms with van der Waals surface area (Å²) in [6.07, 6.45) is -0.280. The molecule has 0 saturated carbocycles. The van der Waals surface area contributed by atoms with Gasteiger partial charge in [0.1, 0.15) is 12.4 Å². The van der Waals surface area contributed by atoms with Crippen LogP contribution in [0.2, 0.25) is 10.0 Å². The maximum atomic E-state index is 14.1. The summed E-state index contributed by atoms with van der Waals surface area (Å²) >= 11 is 12.2. The van der Waals surface area contributed by atoms with Crippen LogP contribution in [-0.4, -0.2) is 13.3 Å². The highest BCUT2D eigenvalue weighted by molar-refractivity contribution is 6.31. The van der Waals surface area contributed by atoms with Crippen LogP contribution in [-0.2, 0) is 17.8 Å². The molecule has 2 rings (SSSR count). The normalized spacial score (nSPS) is 10.4. The molecule has 0 saturated heterocycles. The van der Waals surface area contributed by atoms with E-state index < -0.39 is 12.0 Å². The van der Waals surface area contributed by atoms with E-state index in [4.69, 9.17) is 32.7 Å². The Hall–Kier alpha value is -1.98. The fourth-order valence-electron chi connectivity index (χ4n) is 2.01. The molecule has 0 bridgehead atoms. The van der Waals surface area contributed by atoms with Crippen molar-refractivity contribution in [3.05, 3.63) is 57.3 Å². The second-order valence-corrected chi connectivity index (χ2v) is 5.60. The first-order valence-corrected chi connectivity index (χ1v) is 7.85. The van der Waals surface area contributed by atoms with Gasteiger partial charge in [-0.1, -0.05) is 36.2 Å². The highest BCUT2D eigenvalue weighted by atomic mass is 35.5. The summed E-state index contributed by atoms with van der Waals surface area (Å²) in [6, 6.07) is 7.49. The van der Waals surface area contributed by atoms with Gasteiger partial charge in [-0.3, -0.25) is 0 Å². The standard InChI is InChI=1S/C17H15Cl2FO4/c1-3-10-7-14(20)16(8-13(10)19)23-9-11-12(18)5-4-6-15(11)24-17(21)22-2/h4-8H,3,9H2,1-2H3. The second-order valence-electron chi connectivity index (χ2n) is 4.79. The van der Waals surface area contributed by atoms with E-state index in [1.807, 2.05) is 6.92 Å². The predicted octanol–water partition coefficient (Wildman–Crippen LogP) is 5.42. The topological polar surface area (TPSA) is 44.8 Å². The molecule has 0 heterocycles. The fraction of sp³-hybridized carbons (Fsp3) is 0.235. The highest BCUT2D eigenvalue weighted by Gasteiger charge is 2.15. The molecule has 0 aliphatic rings. The Morgan fingerprint density at radius 1 is 1.17 bits per heavy atom. The van der Waals surface area contributed by atoms with Crippen molar-refractivity contribution < 1.29 is 23.4 Å². The summed E-state index contributed by atoms with van der Waals surface area (Å²) in [5.41, 5.74) is 1.08. The molecule has 0 fully saturated rings. The Kier molecular flexibility index (Phi) is 6.29. The minimum Gasteiger partial charge on any atom is -0.486 e. The summed E-state index contributed by atoms with van der Waals surface area (Å²) in [7, 11) is 1.19.